The number of benzene rings is 1. The fraction of sp³-hybridized carbons (Fsp3) is 0.182. The minimum atomic E-state index is -0.352. The summed E-state index contributed by atoms with van der Waals surface area (Å²) in [6, 6.07) is 7.24. The molecule has 16 heavy (non-hydrogen) atoms. The number of methoxy groups -OCH3 is 1. The maximum atomic E-state index is 11.1. The van der Waals surface area contributed by atoms with Crippen molar-refractivity contribution in [3.8, 4) is 6.07 Å². The van der Waals surface area contributed by atoms with Crippen LogP contribution >= 0.6 is 0 Å². The Hall–Kier alpha value is -2.35. The van der Waals surface area contributed by atoms with E-state index in [9.17, 15) is 4.79 Å². The molecule has 0 unspecified atom stereocenters. The summed E-state index contributed by atoms with van der Waals surface area (Å²) in [6.07, 6.45) is 1.62. The van der Waals surface area contributed by atoms with Gasteiger partial charge in [-0.15, -0.1) is 0 Å². The van der Waals surface area contributed by atoms with Crippen molar-refractivity contribution in [2.75, 3.05) is 7.11 Å². The van der Waals surface area contributed by atoms with Crippen LogP contribution < -0.4 is 0 Å². The first-order valence-corrected chi connectivity index (χ1v) is 4.67. The molecule has 0 saturated heterocycles. The van der Waals surface area contributed by atoms with E-state index in [0.29, 0.717) is 5.56 Å². The third-order valence-corrected chi connectivity index (χ3v) is 2.28. The van der Waals surface area contributed by atoms with Gasteiger partial charge >= 0.3 is 5.97 Å². The van der Waals surface area contributed by atoms with Crippen molar-refractivity contribution in [2.24, 2.45) is 0 Å². The van der Waals surface area contributed by atoms with E-state index in [2.05, 4.69) is 15.9 Å². The zero-order valence-electron chi connectivity index (χ0n) is 8.67. The first-order valence-electron chi connectivity index (χ1n) is 4.67. The second-order valence-electron chi connectivity index (χ2n) is 3.26. The average molecular weight is 215 g/mol. The number of carbonyl (C=O) groups excluding carboxylic acids is 1. The number of fused-ring (bicyclic) bond motifs is 1. The van der Waals surface area contributed by atoms with Crippen LogP contribution in [0.5, 0.6) is 0 Å². The fourth-order valence-electron chi connectivity index (χ4n) is 1.47. The molecular weight excluding hydrogens is 206 g/mol. The monoisotopic (exact) mass is 215 g/mol. The van der Waals surface area contributed by atoms with E-state index in [0.717, 1.165) is 10.9 Å². The van der Waals surface area contributed by atoms with Crippen LogP contribution in [0.1, 0.15) is 5.56 Å². The molecule has 2 rings (SSSR count). The Balaban J connectivity index is 2.42. The third kappa shape index (κ3) is 1.73. The normalized spacial score (nSPS) is 10.0. The lowest BCUT2D eigenvalue weighted by Crippen LogP contribution is -2.12. The molecule has 80 valence electrons. The van der Waals surface area contributed by atoms with Crippen LogP contribution in [-0.2, 0) is 16.1 Å². The smallest absolute Gasteiger partial charge is 0.327 e. The molecule has 0 amide bonds. The van der Waals surface area contributed by atoms with E-state index in [-0.39, 0.29) is 12.5 Å². The number of nitriles is 1. The molecule has 2 aromatic rings. The molecule has 1 heterocycles. The molecule has 0 bridgehead atoms. The number of carbonyl (C=O) groups is 1. The van der Waals surface area contributed by atoms with Gasteiger partial charge in [0.2, 0.25) is 0 Å². The number of nitrogens with zero attached hydrogens (tertiary/aromatic N) is 3. The summed E-state index contributed by atoms with van der Waals surface area (Å²) < 4.78 is 6.11. The summed E-state index contributed by atoms with van der Waals surface area (Å²) in [6.45, 7) is 0.0753. The third-order valence-electron chi connectivity index (χ3n) is 2.28. The quantitative estimate of drug-likeness (QED) is 0.703. The van der Waals surface area contributed by atoms with Crippen LogP contribution in [0.25, 0.3) is 10.9 Å². The van der Waals surface area contributed by atoms with Gasteiger partial charge in [-0.05, 0) is 18.2 Å². The van der Waals surface area contributed by atoms with Gasteiger partial charge in [-0.2, -0.15) is 10.4 Å². The summed E-state index contributed by atoms with van der Waals surface area (Å²) in [5, 5.41) is 13.6. The molecular formula is C11H9N3O2. The van der Waals surface area contributed by atoms with Crippen molar-refractivity contribution >= 4 is 16.9 Å². The molecule has 0 atom stereocenters. The molecule has 0 aliphatic carbocycles. The largest absolute Gasteiger partial charge is 0.468 e. The van der Waals surface area contributed by atoms with Crippen molar-refractivity contribution in [2.45, 2.75) is 6.54 Å². The minimum Gasteiger partial charge on any atom is -0.468 e. The van der Waals surface area contributed by atoms with Gasteiger partial charge in [0.1, 0.15) is 6.54 Å². The fourth-order valence-corrected chi connectivity index (χ4v) is 1.47. The van der Waals surface area contributed by atoms with E-state index in [4.69, 9.17) is 5.26 Å². The summed E-state index contributed by atoms with van der Waals surface area (Å²) in [5.41, 5.74) is 1.38. The second-order valence-corrected chi connectivity index (χ2v) is 3.26. The number of esters is 1. The van der Waals surface area contributed by atoms with Crippen molar-refractivity contribution in [1.29, 1.82) is 5.26 Å². The van der Waals surface area contributed by atoms with Gasteiger partial charge in [0.25, 0.3) is 0 Å². The predicted octanol–water partition coefficient (Wildman–Crippen LogP) is 1.08. The van der Waals surface area contributed by atoms with Crippen LogP contribution in [0.15, 0.2) is 24.4 Å². The Labute approximate surface area is 91.8 Å². The highest BCUT2D eigenvalue weighted by Gasteiger charge is 2.07. The van der Waals surface area contributed by atoms with Crippen molar-refractivity contribution in [1.82, 2.24) is 9.78 Å². The second kappa shape index (κ2) is 4.03. The van der Waals surface area contributed by atoms with Gasteiger partial charge in [0.15, 0.2) is 0 Å². The number of hydrogen-bond donors (Lipinski definition) is 0. The van der Waals surface area contributed by atoms with E-state index >= 15 is 0 Å². The Morgan fingerprint density at radius 3 is 3.12 bits per heavy atom. The lowest BCUT2D eigenvalue weighted by molar-refractivity contribution is -0.141. The molecule has 0 radical (unpaired) electrons. The first kappa shape index (κ1) is 10.2. The maximum absolute atomic E-state index is 11.1. The van der Waals surface area contributed by atoms with Crippen molar-refractivity contribution in [3.05, 3.63) is 30.0 Å². The minimum absolute atomic E-state index is 0.0753. The highest BCUT2D eigenvalue weighted by Crippen LogP contribution is 2.15. The van der Waals surface area contributed by atoms with Gasteiger partial charge < -0.3 is 4.74 Å². The molecule has 5 nitrogen and oxygen atoms in total. The van der Waals surface area contributed by atoms with Crippen LogP contribution in [0.3, 0.4) is 0 Å². The van der Waals surface area contributed by atoms with Gasteiger partial charge in [0, 0.05) is 5.39 Å². The van der Waals surface area contributed by atoms with Gasteiger partial charge in [-0.3, -0.25) is 9.48 Å². The lowest BCUT2D eigenvalue weighted by atomic mass is 10.2. The molecule has 0 aliphatic rings. The number of hydrogen-bond acceptors (Lipinski definition) is 4. The van der Waals surface area contributed by atoms with Gasteiger partial charge in [0.05, 0.1) is 30.5 Å². The molecule has 1 aromatic carbocycles. The highest BCUT2D eigenvalue weighted by molar-refractivity contribution is 5.81. The Morgan fingerprint density at radius 2 is 2.44 bits per heavy atom. The highest BCUT2D eigenvalue weighted by atomic mass is 16.5. The Morgan fingerprint density at radius 1 is 1.62 bits per heavy atom. The number of rotatable bonds is 2. The van der Waals surface area contributed by atoms with Crippen LogP contribution in [-0.4, -0.2) is 22.9 Å². The zero-order chi connectivity index (χ0) is 11.5. The standard InChI is InChI=1S/C11H9N3O2/c1-16-11(15)7-14-10-3-2-8(5-12)4-9(10)6-13-14/h2-4,6H,7H2,1H3. The van der Waals surface area contributed by atoms with Crippen molar-refractivity contribution < 1.29 is 9.53 Å². The molecule has 0 fully saturated rings. The summed E-state index contributed by atoms with van der Waals surface area (Å²) in [4.78, 5) is 11.1. The number of ether oxygens (including phenoxy) is 1. The summed E-state index contributed by atoms with van der Waals surface area (Å²) >= 11 is 0. The Kier molecular flexibility index (Phi) is 2.56. The molecule has 0 N–H and O–H groups in total. The summed E-state index contributed by atoms with van der Waals surface area (Å²) in [5.74, 6) is -0.352. The van der Waals surface area contributed by atoms with Gasteiger partial charge in [-0.25, -0.2) is 0 Å². The molecule has 0 spiro atoms. The van der Waals surface area contributed by atoms with E-state index in [1.165, 1.54) is 7.11 Å². The topological polar surface area (TPSA) is 67.9 Å². The van der Waals surface area contributed by atoms with E-state index in [1.807, 2.05) is 0 Å². The van der Waals surface area contributed by atoms with Crippen molar-refractivity contribution in [3.63, 3.8) is 0 Å². The van der Waals surface area contributed by atoms with Gasteiger partial charge in [-0.1, -0.05) is 0 Å². The first-order chi connectivity index (χ1) is 7.74. The van der Waals surface area contributed by atoms with E-state index < -0.39 is 0 Å². The van der Waals surface area contributed by atoms with Crippen LogP contribution in [0.2, 0.25) is 0 Å². The average Bonchev–Trinajstić information content (AvgIpc) is 2.71. The molecule has 1 aromatic heterocycles. The predicted molar refractivity (Wildman–Crippen MR) is 56.5 cm³/mol. The SMILES string of the molecule is COC(=O)Cn1ncc2cc(C#N)ccc21. The Bertz CT molecular complexity index is 580. The maximum Gasteiger partial charge on any atom is 0.327 e. The lowest BCUT2D eigenvalue weighted by Gasteiger charge is -2.01. The molecule has 0 aliphatic heterocycles. The number of aromatic nitrogens is 2. The van der Waals surface area contributed by atoms with E-state index in [1.54, 1.807) is 29.1 Å². The van der Waals surface area contributed by atoms with Crippen LogP contribution in [0, 0.1) is 11.3 Å². The van der Waals surface area contributed by atoms with Crippen LogP contribution in [0.4, 0.5) is 0 Å². The molecule has 0 saturated carbocycles. The zero-order valence-corrected chi connectivity index (χ0v) is 8.67. The molecule has 5 heteroatoms. The summed E-state index contributed by atoms with van der Waals surface area (Å²) in [7, 11) is 1.34.